The lowest BCUT2D eigenvalue weighted by molar-refractivity contribution is -0.110. The highest BCUT2D eigenvalue weighted by molar-refractivity contribution is 6.36. The number of pyridine rings is 1. The standard InChI is InChI=1S/C21H22FN3O4/c1-25(9-14(27)10-26)7-6-13-3-4-15-18(23-13)11-29-20(15)19-16-8-12(22)2-5-17(16)24-21(19)28/h2-5,8,14,26-27H,6-7,9-11H2,1H3,(H,24,28). The first-order valence-electron chi connectivity index (χ1n) is 9.41. The quantitative estimate of drug-likeness (QED) is 0.636. The number of nitrogens with zero attached hydrogens (tertiary/aromatic N) is 2. The predicted octanol–water partition coefficient (Wildman–Crippen LogP) is 1.40. The number of hydrogen-bond acceptors (Lipinski definition) is 6. The minimum atomic E-state index is -0.763. The van der Waals surface area contributed by atoms with Crippen LogP contribution in [0.25, 0.3) is 11.3 Å². The monoisotopic (exact) mass is 399 g/mol. The maximum absolute atomic E-state index is 13.7. The van der Waals surface area contributed by atoms with Crippen molar-refractivity contribution in [2.24, 2.45) is 0 Å². The summed E-state index contributed by atoms with van der Waals surface area (Å²) in [5.41, 5.74) is 3.72. The number of amides is 1. The fourth-order valence-corrected chi connectivity index (χ4v) is 3.61. The van der Waals surface area contributed by atoms with Crippen LogP contribution >= 0.6 is 0 Å². The molecular weight excluding hydrogens is 377 g/mol. The number of aliphatic hydroxyl groups is 2. The molecule has 0 aliphatic carbocycles. The number of halogens is 1. The molecule has 4 rings (SSSR count). The van der Waals surface area contributed by atoms with E-state index in [1.807, 2.05) is 24.1 Å². The lowest BCUT2D eigenvalue weighted by atomic mass is 10.0. The van der Waals surface area contributed by atoms with Crippen molar-refractivity contribution >= 4 is 22.9 Å². The van der Waals surface area contributed by atoms with Crippen molar-refractivity contribution in [3.05, 3.63) is 58.7 Å². The van der Waals surface area contributed by atoms with E-state index in [2.05, 4.69) is 10.3 Å². The SMILES string of the molecule is CN(CCc1ccc2c(n1)COC2=C1C(=O)Nc2ccc(F)cc21)CC(O)CO. The predicted molar refractivity (Wildman–Crippen MR) is 105 cm³/mol. The number of carbonyl (C=O) groups excluding carboxylic acids is 1. The van der Waals surface area contributed by atoms with Crippen LogP contribution in [-0.4, -0.2) is 58.9 Å². The number of aromatic nitrogens is 1. The molecule has 8 heteroatoms. The fraction of sp³-hybridized carbons (Fsp3) is 0.333. The van der Waals surface area contributed by atoms with Gasteiger partial charge in [0, 0.05) is 42.0 Å². The Morgan fingerprint density at radius 3 is 2.93 bits per heavy atom. The molecule has 0 radical (unpaired) electrons. The van der Waals surface area contributed by atoms with E-state index in [-0.39, 0.29) is 19.1 Å². The molecule has 0 fully saturated rings. The van der Waals surface area contributed by atoms with Crippen LogP contribution in [0, 0.1) is 5.82 Å². The van der Waals surface area contributed by atoms with E-state index < -0.39 is 11.9 Å². The molecule has 7 nitrogen and oxygen atoms in total. The third-order valence-corrected chi connectivity index (χ3v) is 5.07. The normalized spacial score (nSPS) is 18.4. The van der Waals surface area contributed by atoms with E-state index in [1.54, 1.807) is 0 Å². The molecule has 1 unspecified atom stereocenters. The number of likely N-dealkylation sites (N-methyl/N-ethyl adjacent to an activating group) is 1. The molecule has 29 heavy (non-hydrogen) atoms. The first kappa shape index (κ1) is 19.5. The molecule has 1 amide bonds. The summed E-state index contributed by atoms with van der Waals surface area (Å²) in [4.78, 5) is 19.0. The number of aliphatic hydroxyl groups excluding tert-OH is 2. The Labute approximate surface area is 167 Å². The van der Waals surface area contributed by atoms with Crippen LogP contribution in [0.15, 0.2) is 30.3 Å². The van der Waals surface area contributed by atoms with Crippen molar-refractivity contribution in [2.45, 2.75) is 19.1 Å². The van der Waals surface area contributed by atoms with Gasteiger partial charge in [-0.25, -0.2) is 4.39 Å². The van der Waals surface area contributed by atoms with Gasteiger partial charge < -0.3 is 25.2 Å². The minimum absolute atomic E-state index is 0.249. The van der Waals surface area contributed by atoms with E-state index in [9.17, 15) is 14.3 Å². The van der Waals surface area contributed by atoms with Crippen LogP contribution in [-0.2, 0) is 22.6 Å². The number of carbonyl (C=O) groups is 1. The number of anilines is 1. The van der Waals surface area contributed by atoms with Crippen LogP contribution < -0.4 is 5.32 Å². The molecule has 0 saturated heterocycles. The minimum Gasteiger partial charge on any atom is -0.486 e. The van der Waals surface area contributed by atoms with Gasteiger partial charge in [0.2, 0.25) is 0 Å². The molecule has 2 aromatic rings. The van der Waals surface area contributed by atoms with Crippen molar-refractivity contribution in [3.63, 3.8) is 0 Å². The van der Waals surface area contributed by atoms with E-state index in [1.165, 1.54) is 18.2 Å². The maximum Gasteiger partial charge on any atom is 0.260 e. The number of benzene rings is 1. The Balaban J connectivity index is 1.56. The van der Waals surface area contributed by atoms with Gasteiger partial charge in [-0.05, 0) is 37.4 Å². The second-order valence-corrected chi connectivity index (χ2v) is 7.28. The summed E-state index contributed by atoms with van der Waals surface area (Å²) in [6.45, 7) is 1.04. The highest BCUT2D eigenvalue weighted by atomic mass is 19.1. The highest BCUT2D eigenvalue weighted by Gasteiger charge is 2.33. The Hall–Kier alpha value is -2.81. The average Bonchev–Trinajstić information content (AvgIpc) is 3.25. The summed E-state index contributed by atoms with van der Waals surface area (Å²) in [6.07, 6.45) is -0.0941. The second-order valence-electron chi connectivity index (χ2n) is 7.28. The van der Waals surface area contributed by atoms with Gasteiger partial charge in [0.05, 0.1) is 24.0 Å². The van der Waals surface area contributed by atoms with E-state index in [0.717, 1.165) is 17.0 Å². The molecule has 3 N–H and O–H groups in total. The van der Waals surface area contributed by atoms with Crippen LogP contribution in [0.5, 0.6) is 0 Å². The number of ether oxygens (including phenoxy) is 1. The van der Waals surface area contributed by atoms with Crippen LogP contribution in [0.3, 0.4) is 0 Å². The summed E-state index contributed by atoms with van der Waals surface area (Å²) >= 11 is 0. The van der Waals surface area contributed by atoms with Crippen molar-refractivity contribution < 1.29 is 24.1 Å². The zero-order chi connectivity index (χ0) is 20.5. The molecule has 152 valence electrons. The van der Waals surface area contributed by atoms with Gasteiger partial charge in [-0.2, -0.15) is 0 Å². The smallest absolute Gasteiger partial charge is 0.260 e. The molecule has 3 heterocycles. The van der Waals surface area contributed by atoms with Crippen LogP contribution in [0.2, 0.25) is 0 Å². The molecule has 0 bridgehead atoms. The number of nitrogens with one attached hydrogen (secondary N) is 1. The Morgan fingerprint density at radius 1 is 1.31 bits per heavy atom. The van der Waals surface area contributed by atoms with Crippen molar-refractivity contribution in [1.29, 1.82) is 0 Å². The topological polar surface area (TPSA) is 94.9 Å². The van der Waals surface area contributed by atoms with Gasteiger partial charge in [-0.15, -0.1) is 0 Å². The molecule has 1 aromatic carbocycles. The molecule has 2 aliphatic rings. The summed E-state index contributed by atoms with van der Waals surface area (Å²) in [5, 5.41) is 21.2. The first-order valence-corrected chi connectivity index (χ1v) is 9.41. The fourth-order valence-electron chi connectivity index (χ4n) is 3.61. The van der Waals surface area contributed by atoms with Gasteiger partial charge in [0.1, 0.15) is 18.2 Å². The lowest BCUT2D eigenvalue weighted by Crippen LogP contribution is -2.32. The zero-order valence-corrected chi connectivity index (χ0v) is 16.0. The van der Waals surface area contributed by atoms with Crippen molar-refractivity contribution in [1.82, 2.24) is 9.88 Å². The molecule has 1 atom stereocenters. The summed E-state index contributed by atoms with van der Waals surface area (Å²) < 4.78 is 19.5. The Bertz CT molecular complexity index is 992. The second kappa shape index (κ2) is 7.90. The van der Waals surface area contributed by atoms with E-state index >= 15 is 0 Å². The average molecular weight is 399 g/mol. The van der Waals surface area contributed by atoms with Gasteiger partial charge in [0.25, 0.3) is 5.91 Å². The van der Waals surface area contributed by atoms with Gasteiger partial charge >= 0.3 is 0 Å². The molecule has 0 spiro atoms. The third kappa shape index (κ3) is 3.87. The number of fused-ring (bicyclic) bond motifs is 2. The molecule has 2 aliphatic heterocycles. The van der Waals surface area contributed by atoms with Crippen LogP contribution in [0.4, 0.5) is 10.1 Å². The summed E-state index contributed by atoms with van der Waals surface area (Å²) in [6, 6.07) is 7.93. The molecular formula is C21H22FN3O4. The van der Waals surface area contributed by atoms with Crippen molar-refractivity contribution in [3.8, 4) is 0 Å². The van der Waals surface area contributed by atoms with E-state index in [0.29, 0.717) is 42.1 Å². The first-order chi connectivity index (χ1) is 14.0. The Morgan fingerprint density at radius 2 is 2.14 bits per heavy atom. The molecule has 0 saturated carbocycles. The Kier molecular flexibility index (Phi) is 5.31. The maximum atomic E-state index is 13.7. The zero-order valence-electron chi connectivity index (χ0n) is 16.0. The van der Waals surface area contributed by atoms with Gasteiger partial charge in [-0.1, -0.05) is 0 Å². The number of rotatable bonds is 6. The van der Waals surface area contributed by atoms with Gasteiger partial charge in [-0.3, -0.25) is 9.78 Å². The van der Waals surface area contributed by atoms with Gasteiger partial charge in [0.15, 0.2) is 0 Å². The van der Waals surface area contributed by atoms with E-state index in [4.69, 9.17) is 9.84 Å². The summed E-state index contributed by atoms with van der Waals surface area (Å²) in [7, 11) is 1.87. The van der Waals surface area contributed by atoms with Crippen LogP contribution in [0.1, 0.15) is 22.5 Å². The molecule has 1 aromatic heterocycles. The van der Waals surface area contributed by atoms with Crippen molar-refractivity contribution in [2.75, 3.05) is 32.1 Å². The number of hydrogen-bond donors (Lipinski definition) is 3. The highest BCUT2D eigenvalue weighted by Crippen LogP contribution is 2.41. The third-order valence-electron chi connectivity index (χ3n) is 5.07. The lowest BCUT2D eigenvalue weighted by Gasteiger charge is -2.19. The summed E-state index contributed by atoms with van der Waals surface area (Å²) in [5.74, 6) is -0.314. The largest absolute Gasteiger partial charge is 0.486 e.